The minimum absolute atomic E-state index is 0.0359. The summed E-state index contributed by atoms with van der Waals surface area (Å²) in [7, 11) is 0. The summed E-state index contributed by atoms with van der Waals surface area (Å²) in [6.45, 7) is 2.28. The first kappa shape index (κ1) is 12.2. The second-order valence-corrected chi connectivity index (χ2v) is 5.67. The predicted octanol–water partition coefficient (Wildman–Crippen LogP) is 1.53. The van der Waals surface area contributed by atoms with Gasteiger partial charge < -0.3 is 14.6 Å². The fourth-order valence-corrected chi connectivity index (χ4v) is 3.69. The normalized spacial score (nSPS) is 36.4. The van der Waals surface area contributed by atoms with Gasteiger partial charge in [0.2, 0.25) is 0 Å². The first-order valence-corrected chi connectivity index (χ1v) is 6.87. The third kappa shape index (κ3) is 2.70. The lowest BCUT2D eigenvalue weighted by Crippen LogP contribution is -2.44. The second-order valence-electron chi connectivity index (χ2n) is 4.57. The molecule has 2 fully saturated rings. The number of carbonyl (C=O) groups is 1. The molecule has 2 aliphatic rings. The molecule has 0 aliphatic carbocycles. The summed E-state index contributed by atoms with van der Waals surface area (Å²) in [6.07, 6.45) is 2.05. The van der Waals surface area contributed by atoms with Crippen LogP contribution >= 0.6 is 11.8 Å². The SMILES string of the molecule is CC(OC1CCOC2(CCSC2)C1)C(=O)O. The minimum atomic E-state index is -0.888. The fraction of sp³-hybridized carbons (Fsp3) is 0.909. The van der Waals surface area contributed by atoms with E-state index < -0.39 is 12.1 Å². The van der Waals surface area contributed by atoms with Crippen LogP contribution in [-0.4, -0.2) is 47.0 Å². The number of hydrogen-bond acceptors (Lipinski definition) is 4. The van der Waals surface area contributed by atoms with Crippen molar-refractivity contribution >= 4 is 17.7 Å². The number of rotatable bonds is 3. The molecule has 0 saturated carbocycles. The molecule has 0 aromatic heterocycles. The predicted molar refractivity (Wildman–Crippen MR) is 61.8 cm³/mol. The summed E-state index contributed by atoms with van der Waals surface area (Å²) in [5, 5.41) is 8.81. The van der Waals surface area contributed by atoms with Crippen molar-refractivity contribution < 1.29 is 19.4 Å². The molecule has 0 amide bonds. The van der Waals surface area contributed by atoms with Crippen LogP contribution < -0.4 is 0 Å². The van der Waals surface area contributed by atoms with Gasteiger partial charge in [-0.3, -0.25) is 0 Å². The lowest BCUT2D eigenvalue weighted by molar-refractivity contribution is -0.165. The van der Waals surface area contributed by atoms with Crippen molar-refractivity contribution in [3.05, 3.63) is 0 Å². The average molecular weight is 246 g/mol. The topological polar surface area (TPSA) is 55.8 Å². The maximum atomic E-state index is 10.7. The molecular formula is C11H18O4S. The quantitative estimate of drug-likeness (QED) is 0.818. The van der Waals surface area contributed by atoms with Crippen molar-refractivity contribution in [3.8, 4) is 0 Å². The third-order valence-corrected chi connectivity index (χ3v) is 4.48. The molecule has 0 bridgehead atoms. The largest absolute Gasteiger partial charge is 0.479 e. The Kier molecular flexibility index (Phi) is 3.77. The molecule has 1 spiro atoms. The van der Waals surface area contributed by atoms with Crippen molar-refractivity contribution in [1.82, 2.24) is 0 Å². The van der Waals surface area contributed by atoms with Gasteiger partial charge in [0, 0.05) is 18.8 Å². The Labute approximate surface area is 99.7 Å². The van der Waals surface area contributed by atoms with Crippen molar-refractivity contribution in [1.29, 1.82) is 0 Å². The van der Waals surface area contributed by atoms with Crippen molar-refractivity contribution in [3.63, 3.8) is 0 Å². The Morgan fingerprint density at radius 2 is 2.50 bits per heavy atom. The molecule has 3 atom stereocenters. The maximum Gasteiger partial charge on any atom is 0.332 e. The molecule has 0 aromatic carbocycles. The molecule has 3 unspecified atom stereocenters. The molecule has 2 heterocycles. The van der Waals surface area contributed by atoms with E-state index >= 15 is 0 Å². The molecule has 4 nitrogen and oxygen atoms in total. The fourth-order valence-electron chi connectivity index (χ4n) is 2.31. The molecule has 2 rings (SSSR count). The van der Waals surface area contributed by atoms with E-state index in [0.717, 1.165) is 30.8 Å². The molecule has 16 heavy (non-hydrogen) atoms. The molecule has 2 aliphatic heterocycles. The Morgan fingerprint density at radius 3 is 3.12 bits per heavy atom. The number of thioether (sulfide) groups is 1. The first-order valence-electron chi connectivity index (χ1n) is 5.71. The van der Waals surface area contributed by atoms with Crippen LogP contribution in [0.15, 0.2) is 0 Å². The summed E-state index contributed by atoms with van der Waals surface area (Å²) in [6, 6.07) is 0. The van der Waals surface area contributed by atoms with Crippen LogP contribution in [0, 0.1) is 0 Å². The highest BCUT2D eigenvalue weighted by Gasteiger charge is 2.41. The van der Waals surface area contributed by atoms with Gasteiger partial charge in [0.15, 0.2) is 6.10 Å². The van der Waals surface area contributed by atoms with Crippen LogP contribution in [-0.2, 0) is 14.3 Å². The van der Waals surface area contributed by atoms with Gasteiger partial charge in [-0.05, 0) is 25.5 Å². The zero-order valence-corrected chi connectivity index (χ0v) is 10.3. The van der Waals surface area contributed by atoms with E-state index in [-0.39, 0.29) is 11.7 Å². The Bertz CT molecular complexity index is 263. The van der Waals surface area contributed by atoms with Gasteiger partial charge in [0.25, 0.3) is 0 Å². The van der Waals surface area contributed by atoms with Crippen LogP contribution in [0.25, 0.3) is 0 Å². The van der Waals surface area contributed by atoms with Crippen LogP contribution in [0.3, 0.4) is 0 Å². The number of hydrogen-bond donors (Lipinski definition) is 1. The standard InChI is InChI=1S/C11H18O4S/c1-8(10(12)13)15-9-2-4-14-11(6-9)3-5-16-7-11/h8-9H,2-7H2,1H3,(H,12,13). The summed E-state index contributed by atoms with van der Waals surface area (Å²) in [5.41, 5.74) is -0.0359. The maximum absolute atomic E-state index is 10.7. The van der Waals surface area contributed by atoms with Crippen LogP contribution in [0.1, 0.15) is 26.2 Å². The van der Waals surface area contributed by atoms with Gasteiger partial charge in [0.1, 0.15) is 0 Å². The van der Waals surface area contributed by atoms with Crippen molar-refractivity contribution in [2.24, 2.45) is 0 Å². The molecule has 2 saturated heterocycles. The second kappa shape index (κ2) is 4.94. The van der Waals surface area contributed by atoms with Gasteiger partial charge in [-0.25, -0.2) is 4.79 Å². The monoisotopic (exact) mass is 246 g/mol. The van der Waals surface area contributed by atoms with E-state index in [0.29, 0.717) is 6.61 Å². The molecule has 92 valence electrons. The molecule has 1 N–H and O–H groups in total. The van der Waals surface area contributed by atoms with Crippen LogP contribution in [0.5, 0.6) is 0 Å². The van der Waals surface area contributed by atoms with Gasteiger partial charge in [0.05, 0.1) is 11.7 Å². The van der Waals surface area contributed by atoms with E-state index in [2.05, 4.69) is 0 Å². The Hall–Kier alpha value is -0.260. The van der Waals surface area contributed by atoms with Gasteiger partial charge >= 0.3 is 5.97 Å². The number of carboxylic acid groups (broad SMARTS) is 1. The summed E-state index contributed by atoms with van der Waals surface area (Å²) >= 11 is 1.91. The highest BCUT2D eigenvalue weighted by molar-refractivity contribution is 7.99. The lowest BCUT2D eigenvalue weighted by atomic mass is 9.91. The lowest BCUT2D eigenvalue weighted by Gasteiger charge is -2.38. The highest BCUT2D eigenvalue weighted by atomic mass is 32.2. The highest BCUT2D eigenvalue weighted by Crippen LogP contribution is 2.39. The van der Waals surface area contributed by atoms with E-state index in [1.165, 1.54) is 0 Å². The van der Waals surface area contributed by atoms with E-state index in [1.54, 1.807) is 6.92 Å². The van der Waals surface area contributed by atoms with E-state index in [1.807, 2.05) is 11.8 Å². The Morgan fingerprint density at radius 1 is 1.69 bits per heavy atom. The summed E-state index contributed by atoms with van der Waals surface area (Å²) in [5.74, 6) is 1.27. The average Bonchev–Trinajstić information content (AvgIpc) is 2.66. The Balaban J connectivity index is 1.89. The van der Waals surface area contributed by atoms with Crippen molar-refractivity contribution in [2.45, 2.75) is 44.0 Å². The zero-order valence-electron chi connectivity index (χ0n) is 9.48. The van der Waals surface area contributed by atoms with Gasteiger partial charge in [-0.15, -0.1) is 0 Å². The molecule has 0 radical (unpaired) electrons. The minimum Gasteiger partial charge on any atom is -0.479 e. The molecule has 0 aromatic rings. The zero-order chi connectivity index (χ0) is 11.6. The van der Waals surface area contributed by atoms with Crippen LogP contribution in [0.2, 0.25) is 0 Å². The summed E-state index contributed by atoms with van der Waals surface area (Å²) in [4.78, 5) is 10.7. The molecule has 5 heteroatoms. The smallest absolute Gasteiger partial charge is 0.332 e. The van der Waals surface area contributed by atoms with E-state index in [4.69, 9.17) is 14.6 Å². The number of carboxylic acids is 1. The number of aliphatic carboxylic acids is 1. The van der Waals surface area contributed by atoms with Gasteiger partial charge in [-0.1, -0.05) is 0 Å². The first-order chi connectivity index (χ1) is 7.61. The van der Waals surface area contributed by atoms with Gasteiger partial charge in [-0.2, -0.15) is 11.8 Å². The summed E-state index contributed by atoms with van der Waals surface area (Å²) < 4.78 is 11.4. The third-order valence-electron chi connectivity index (χ3n) is 3.26. The number of ether oxygens (including phenoxy) is 2. The van der Waals surface area contributed by atoms with Crippen molar-refractivity contribution in [2.75, 3.05) is 18.1 Å². The van der Waals surface area contributed by atoms with E-state index in [9.17, 15) is 4.79 Å². The van der Waals surface area contributed by atoms with Crippen LogP contribution in [0.4, 0.5) is 0 Å². The molecular weight excluding hydrogens is 228 g/mol.